The number of carbonyl (C=O) groups is 2. The van der Waals surface area contributed by atoms with Gasteiger partial charge in [-0.15, -0.1) is 28.7 Å². The predicted octanol–water partition coefficient (Wildman–Crippen LogP) is 9.15. The monoisotopic (exact) mass is 676 g/mol. The number of hydrogen-bond acceptors (Lipinski definition) is 7. The zero-order valence-electron chi connectivity index (χ0n) is 26.6. The van der Waals surface area contributed by atoms with Crippen molar-refractivity contribution >= 4 is 40.8 Å². The maximum Gasteiger partial charge on any atom is 0.407 e. The number of alkyl carbamates (subject to hydrolysis) is 1. The van der Waals surface area contributed by atoms with E-state index in [-0.39, 0.29) is 36.2 Å². The minimum atomic E-state index is -0.402. The summed E-state index contributed by atoms with van der Waals surface area (Å²) in [4.78, 5) is 26.6. The fraction of sp³-hybridized carbons (Fsp3) is 0.879. The molecular formula is C33H61BrN2O5S. The molecule has 2 aliphatic heterocycles. The number of hydrogen-bond donors (Lipinski definition) is 1. The molecule has 246 valence electrons. The van der Waals surface area contributed by atoms with Crippen LogP contribution in [0.4, 0.5) is 4.79 Å². The van der Waals surface area contributed by atoms with E-state index in [0.717, 1.165) is 44.5 Å². The van der Waals surface area contributed by atoms with Gasteiger partial charge in [0.15, 0.2) is 0 Å². The number of esters is 1. The summed E-state index contributed by atoms with van der Waals surface area (Å²) in [7, 11) is 0. The molecule has 0 aromatic carbocycles. The summed E-state index contributed by atoms with van der Waals surface area (Å²) in [6.07, 6.45) is 26.5. The lowest BCUT2D eigenvalue weighted by Gasteiger charge is -2.39. The summed E-state index contributed by atoms with van der Waals surface area (Å²) >= 11 is 1.81. The number of rotatable bonds is 27. The Labute approximate surface area is 271 Å². The van der Waals surface area contributed by atoms with Crippen molar-refractivity contribution < 1.29 is 23.8 Å². The third kappa shape index (κ3) is 20.1. The number of halogens is 1. The third-order valence-corrected chi connectivity index (χ3v) is 8.89. The van der Waals surface area contributed by atoms with Crippen LogP contribution in [0.1, 0.15) is 135 Å². The van der Waals surface area contributed by atoms with Gasteiger partial charge in [-0.3, -0.25) is 4.79 Å². The van der Waals surface area contributed by atoms with Gasteiger partial charge in [-0.05, 0) is 24.7 Å². The standard InChI is InChI=1S/C33H60N2O5S.BrH/c1-2-3-4-5-6-7-8-9-10-11-12-13-14-15-16-19-22-34-32(37)40-29-33(26-38-27-33)28-39-31(36)21-18-17-20-23-35-24-25-41-30-35;/h24-25H,2-23,26-30H2,1H3,(H,34,37);1H. The van der Waals surface area contributed by atoms with Crippen LogP contribution in [-0.4, -0.2) is 62.4 Å². The van der Waals surface area contributed by atoms with Gasteiger partial charge in [-0.1, -0.05) is 110 Å². The van der Waals surface area contributed by atoms with E-state index in [1.807, 2.05) is 11.8 Å². The fourth-order valence-electron chi connectivity index (χ4n) is 5.25. The first-order valence-electron chi connectivity index (χ1n) is 16.8. The molecule has 0 aliphatic carbocycles. The molecule has 0 saturated carbocycles. The van der Waals surface area contributed by atoms with Crippen LogP contribution in [-0.2, 0) is 19.0 Å². The molecule has 0 aromatic rings. The van der Waals surface area contributed by atoms with Crippen molar-refractivity contribution in [2.24, 2.45) is 5.41 Å². The first-order chi connectivity index (χ1) is 20.1. The van der Waals surface area contributed by atoms with E-state index in [1.165, 1.54) is 89.9 Å². The van der Waals surface area contributed by atoms with Gasteiger partial charge in [0.1, 0.15) is 13.2 Å². The molecule has 0 unspecified atom stereocenters. The molecule has 2 heterocycles. The first-order valence-corrected chi connectivity index (χ1v) is 17.8. The van der Waals surface area contributed by atoms with Crippen molar-refractivity contribution in [2.75, 3.05) is 45.4 Å². The van der Waals surface area contributed by atoms with E-state index < -0.39 is 11.5 Å². The predicted molar refractivity (Wildman–Crippen MR) is 180 cm³/mol. The van der Waals surface area contributed by atoms with Crippen LogP contribution in [0.3, 0.4) is 0 Å². The van der Waals surface area contributed by atoms with Gasteiger partial charge < -0.3 is 24.4 Å². The highest BCUT2D eigenvalue weighted by Crippen LogP contribution is 2.28. The van der Waals surface area contributed by atoms with E-state index in [0.29, 0.717) is 26.2 Å². The van der Waals surface area contributed by atoms with Crippen LogP contribution >= 0.6 is 28.7 Å². The van der Waals surface area contributed by atoms with Crippen LogP contribution < -0.4 is 5.32 Å². The normalized spacial score (nSPS) is 15.2. The Balaban J connectivity index is 0.00000882. The van der Waals surface area contributed by atoms with Crippen molar-refractivity contribution in [2.45, 2.75) is 135 Å². The summed E-state index contributed by atoms with van der Waals surface area (Å²) in [5, 5.41) is 4.98. The molecule has 0 spiro atoms. The highest BCUT2D eigenvalue weighted by molar-refractivity contribution is 8.93. The quantitative estimate of drug-likeness (QED) is 0.0687. The zero-order valence-corrected chi connectivity index (χ0v) is 29.1. The van der Waals surface area contributed by atoms with Gasteiger partial charge >= 0.3 is 12.1 Å². The Bertz CT molecular complexity index is 708. The minimum Gasteiger partial charge on any atom is -0.465 e. The second kappa shape index (κ2) is 26.5. The van der Waals surface area contributed by atoms with Crippen molar-refractivity contribution in [3.05, 3.63) is 11.6 Å². The van der Waals surface area contributed by atoms with Gasteiger partial charge in [0.25, 0.3) is 0 Å². The summed E-state index contributed by atoms with van der Waals surface area (Å²) in [5.41, 5.74) is -0.402. The topological polar surface area (TPSA) is 77.1 Å². The van der Waals surface area contributed by atoms with E-state index in [1.54, 1.807) is 0 Å². The molecule has 2 aliphatic rings. The lowest BCUT2D eigenvalue weighted by atomic mass is 9.88. The van der Waals surface area contributed by atoms with E-state index in [9.17, 15) is 9.59 Å². The van der Waals surface area contributed by atoms with Gasteiger partial charge in [0, 0.05) is 25.7 Å². The molecule has 0 radical (unpaired) electrons. The summed E-state index contributed by atoms with van der Waals surface area (Å²) in [6.45, 7) is 5.32. The van der Waals surface area contributed by atoms with Crippen molar-refractivity contribution in [3.8, 4) is 0 Å². The lowest BCUT2D eigenvalue weighted by molar-refractivity contribution is -0.179. The average Bonchev–Trinajstić information content (AvgIpc) is 3.47. The molecule has 2 rings (SSSR count). The fourth-order valence-corrected chi connectivity index (χ4v) is 6.00. The van der Waals surface area contributed by atoms with E-state index >= 15 is 0 Å². The molecule has 42 heavy (non-hydrogen) atoms. The highest BCUT2D eigenvalue weighted by atomic mass is 79.9. The van der Waals surface area contributed by atoms with Gasteiger partial charge in [-0.25, -0.2) is 4.79 Å². The minimum absolute atomic E-state index is 0. The SMILES string of the molecule is Br.CCCCCCCCCCCCCCCCCCNC(=O)OCC1(COC(=O)CCCCCN2C=CSC2)COC1. The Kier molecular flexibility index (Phi) is 24.6. The Morgan fingerprint density at radius 1 is 0.786 bits per heavy atom. The van der Waals surface area contributed by atoms with Crippen LogP contribution in [0, 0.1) is 5.41 Å². The number of carbonyl (C=O) groups excluding carboxylic acids is 2. The molecule has 1 fully saturated rings. The van der Waals surface area contributed by atoms with Crippen molar-refractivity contribution in [1.82, 2.24) is 10.2 Å². The summed E-state index contributed by atoms with van der Waals surface area (Å²) in [6, 6.07) is 0. The number of nitrogens with one attached hydrogen (secondary N) is 1. The molecule has 7 nitrogen and oxygen atoms in total. The highest BCUT2D eigenvalue weighted by Gasteiger charge is 2.41. The molecule has 0 bridgehead atoms. The maximum atomic E-state index is 12.2. The second-order valence-electron chi connectivity index (χ2n) is 12.2. The molecule has 1 amide bonds. The molecule has 1 saturated heterocycles. The number of thioether (sulfide) groups is 1. The molecule has 9 heteroatoms. The Morgan fingerprint density at radius 2 is 1.33 bits per heavy atom. The average molecular weight is 678 g/mol. The summed E-state index contributed by atoms with van der Waals surface area (Å²) < 4.78 is 16.3. The Hall–Kier alpha value is -0.930. The first kappa shape index (κ1) is 39.1. The van der Waals surface area contributed by atoms with Gasteiger partial charge in [-0.2, -0.15) is 0 Å². The number of unbranched alkanes of at least 4 members (excludes halogenated alkanes) is 17. The summed E-state index contributed by atoms with van der Waals surface area (Å²) in [5.74, 6) is 0.854. The van der Waals surface area contributed by atoms with Crippen LogP contribution in [0.5, 0.6) is 0 Å². The van der Waals surface area contributed by atoms with Gasteiger partial charge in [0.05, 0.1) is 24.5 Å². The number of ether oxygens (including phenoxy) is 3. The molecule has 0 aromatic heterocycles. The van der Waals surface area contributed by atoms with Crippen molar-refractivity contribution in [1.29, 1.82) is 0 Å². The molecule has 0 atom stereocenters. The molecular weight excluding hydrogens is 616 g/mol. The maximum absolute atomic E-state index is 12.2. The van der Waals surface area contributed by atoms with Crippen LogP contribution in [0.25, 0.3) is 0 Å². The zero-order chi connectivity index (χ0) is 29.3. The van der Waals surface area contributed by atoms with Gasteiger partial charge in [0.2, 0.25) is 0 Å². The third-order valence-electron chi connectivity index (χ3n) is 8.10. The number of amides is 1. The van der Waals surface area contributed by atoms with E-state index in [4.69, 9.17) is 14.2 Å². The number of nitrogens with zero attached hydrogens (tertiary/aromatic N) is 1. The lowest BCUT2D eigenvalue weighted by Crippen LogP contribution is -2.51. The van der Waals surface area contributed by atoms with Crippen molar-refractivity contribution in [3.63, 3.8) is 0 Å². The smallest absolute Gasteiger partial charge is 0.407 e. The van der Waals surface area contributed by atoms with Crippen LogP contribution in [0.2, 0.25) is 0 Å². The molecule has 1 N–H and O–H groups in total. The van der Waals surface area contributed by atoms with E-state index in [2.05, 4.69) is 28.7 Å². The second-order valence-corrected chi connectivity index (χ2v) is 13.0. The largest absolute Gasteiger partial charge is 0.465 e. The van der Waals surface area contributed by atoms with Crippen LogP contribution in [0.15, 0.2) is 11.6 Å². The Morgan fingerprint density at radius 3 is 1.86 bits per heavy atom.